The van der Waals surface area contributed by atoms with Crippen molar-refractivity contribution in [2.24, 2.45) is 0 Å². The summed E-state index contributed by atoms with van der Waals surface area (Å²) in [6.07, 6.45) is 0. The molecule has 4 aromatic rings. The average Bonchev–Trinajstić information content (AvgIpc) is 3.14. The first-order valence-electron chi connectivity index (χ1n) is 11.0. The molecular weight excluding hydrogens is 423 g/mol. The molecular formula is C25H25FN4O3. The number of hydrogen-bond donors (Lipinski definition) is 1. The molecule has 0 bridgehead atoms. The van der Waals surface area contributed by atoms with Gasteiger partial charge in [0, 0.05) is 31.4 Å². The van der Waals surface area contributed by atoms with Crippen LogP contribution in [0.15, 0.2) is 64.2 Å². The SMILES string of the molecule is Cc1c2c(=O)n(-c3ccccc3F)[nH]c2cc(=O)n1Cc1ccc(CN2CCOCC2)cc1. The second-order valence-electron chi connectivity index (χ2n) is 8.35. The summed E-state index contributed by atoms with van der Waals surface area (Å²) in [5, 5.41) is 3.25. The number of benzene rings is 2. The van der Waals surface area contributed by atoms with Crippen LogP contribution < -0.4 is 11.1 Å². The largest absolute Gasteiger partial charge is 0.379 e. The molecule has 1 N–H and O–H groups in total. The highest BCUT2D eigenvalue weighted by Gasteiger charge is 2.17. The number of ether oxygens (including phenoxy) is 1. The summed E-state index contributed by atoms with van der Waals surface area (Å²) in [5.41, 5.74) is 2.62. The van der Waals surface area contributed by atoms with E-state index >= 15 is 0 Å². The molecule has 0 aliphatic carbocycles. The van der Waals surface area contributed by atoms with Gasteiger partial charge in [-0.25, -0.2) is 9.07 Å². The predicted molar refractivity (Wildman–Crippen MR) is 124 cm³/mol. The highest BCUT2D eigenvalue weighted by Crippen LogP contribution is 2.17. The van der Waals surface area contributed by atoms with E-state index in [1.54, 1.807) is 23.6 Å². The molecule has 0 spiro atoms. The maximum atomic E-state index is 14.3. The number of H-pyrrole nitrogens is 1. The van der Waals surface area contributed by atoms with E-state index in [2.05, 4.69) is 22.1 Å². The van der Waals surface area contributed by atoms with Crippen molar-refractivity contribution in [3.63, 3.8) is 0 Å². The smallest absolute Gasteiger partial charge is 0.280 e. The topological polar surface area (TPSA) is 72.3 Å². The summed E-state index contributed by atoms with van der Waals surface area (Å²) in [6.45, 7) is 6.35. The molecule has 7 nitrogen and oxygen atoms in total. The molecule has 33 heavy (non-hydrogen) atoms. The van der Waals surface area contributed by atoms with E-state index in [-0.39, 0.29) is 16.8 Å². The molecule has 0 saturated carbocycles. The van der Waals surface area contributed by atoms with Gasteiger partial charge in [-0.15, -0.1) is 0 Å². The van der Waals surface area contributed by atoms with E-state index in [0.29, 0.717) is 23.1 Å². The number of aromatic nitrogens is 3. The van der Waals surface area contributed by atoms with E-state index < -0.39 is 5.82 Å². The van der Waals surface area contributed by atoms with Gasteiger partial charge in [0.2, 0.25) is 0 Å². The molecule has 170 valence electrons. The number of aromatic amines is 1. The highest BCUT2D eigenvalue weighted by molar-refractivity contribution is 5.80. The monoisotopic (exact) mass is 448 g/mol. The Morgan fingerprint density at radius 1 is 0.970 bits per heavy atom. The maximum Gasteiger partial charge on any atom is 0.280 e. The first-order chi connectivity index (χ1) is 16.0. The van der Waals surface area contributed by atoms with Crippen LogP contribution in [0.3, 0.4) is 0 Å². The van der Waals surface area contributed by atoms with Crippen LogP contribution in [0.4, 0.5) is 4.39 Å². The van der Waals surface area contributed by atoms with Crippen molar-refractivity contribution in [2.45, 2.75) is 20.0 Å². The van der Waals surface area contributed by atoms with Crippen molar-refractivity contribution >= 4 is 10.9 Å². The van der Waals surface area contributed by atoms with E-state index in [4.69, 9.17) is 4.74 Å². The van der Waals surface area contributed by atoms with Crippen LogP contribution in [0.25, 0.3) is 16.6 Å². The number of hydrogen-bond acceptors (Lipinski definition) is 4. The van der Waals surface area contributed by atoms with Crippen molar-refractivity contribution in [1.29, 1.82) is 0 Å². The standard InChI is InChI=1S/C25H25FN4O3/c1-17-24-21(27-30(25(24)32)22-5-3-2-4-20(22)26)14-23(31)29(17)16-19-8-6-18(7-9-19)15-28-10-12-33-13-11-28/h2-9,14,27H,10-13,15-16H2,1H3. The fourth-order valence-electron chi connectivity index (χ4n) is 4.36. The van der Waals surface area contributed by atoms with Crippen LogP contribution in [-0.4, -0.2) is 45.6 Å². The molecule has 0 unspecified atom stereocenters. The Labute approximate surface area is 189 Å². The summed E-state index contributed by atoms with van der Waals surface area (Å²) in [5.74, 6) is -0.517. The summed E-state index contributed by atoms with van der Waals surface area (Å²) >= 11 is 0. The number of pyridine rings is 1. The zero-order valence-corrected chi connectivity index (χ0v) is 18.4. The predicted octanol–water partition coefficient (Wildman–Crippen LogP) is 2.81. The third-order valence-electron chi connectivity index (χ3n) is 6.19. The summed E-state index contributed by atoms with van der Waals surface area (Å²) < 4.78 is 22.4. The van der Waals surface area contributed by atoms with Crippen molar-refractivity contribution in [2.75, 3.05) is 26.3 Å². The number of para-hydroxylation sites is 1. The van der Waals surface area contributed by atoms with Crippen LogP contribution in [0.5, 0.6) is 0 Å². The molecule has 2 aromatic carbocycles. The maximum absolute atomic E-state index is 14.3. The van der Waals surface area contributed by atoms with Crippen LogP contribution in [0.2, 0.25) is 0 Å². The van der Waals surface area contributed by atoms with E-state index in [0.717, 1.165) is 43.1 Å². The van der Waals surface area contributed by atoms with Gasteiger partial charge < -0.3 is 9.30 Å². The molecule has 1 fully saturated rings. The Hall–Kier alpha value is -3.49. The second kappa shape index (κ2) is 8.80. The van der Waals surface area contributed by atoms with Gasteiger partial charge in [-0.2, -0.15) is 0 Å². The lowest BCUT2D eigenvalue weighted by Crippen LogP contribution is -2.35. The minimum Gasteiger partial charge on any atom is -0.379 e. The van der Waals surface area contributed by atoms with Crippen molar-refractivity contribution in [1.82, 2.24) is 19.2 Å². The first kappa shape index (κ1) is 21.4. The van der Waals surface area contributed by atoms with Crippen LogP contribution in [0, 0.1) is 12.7 Å². The van der Waals surface area contributed by atoms with Gasteiger partial charge >= 0.3 is 0 Å². The molecule has 5 rings (SSSR count). The molecule has 0 atom stereocenters. The van der Waals surface area contributed by atoms with E-state index in [9.17, 15) is 14.0 Å². The molecule has 2 aromatic heterocycles. The summed E-state index contributed by atoms with van der Waals surface area (Å²) in [6, 6.07) is 15.6. The average molecular weight is 448 g/mol. The Balaban J connectivity index is 1.45. The van der Waals surface area contributed by atoms with Crippen molar-refractivity contribution in [3.8, 4) is 5.69 Å². The first-order valence-corrected chi connectivity index (χ1v) is 11.0. The molecule has 8 heteroatoms. The highest BCUT2D eigenvalue weighted by atomic mass is 19.1. The van der Waals surface area contributed by atoms with Gasteiger partial charge in [-0.1, -0.05) is 36.4 Å². The Bertz CT molecular complexity index is 1410. The fourth-order valence-corrected chi connectivity index (χ4v) is 4.36. The zero-order chi connectivity index (χ0) is 22.9. The van der Waals surface area contributed by atoms with Crippen LogP contribution in [-0.2, 0) is 17.8 Å². The van der Waals surface area contributed by atoms with Gasteiger partial charge in [0.05, 0.1) is 30.7 Å². The molecule has 3 heterocycles. The third kappa shape index (κ3) is 4.15. The number of halogens is 1. The van der Waals surface area contributed by atoms with Gasteiger partial charge in [0.15, 0.2) is 0 Å². The number of fused-ring (bicyclic) bond motifs is 1. The lowest BCUT2D eigenvalue weighted by molar-refractivity contribution is 0.0342. The number of rotatable bonds is 5. The Morgan fingerprint density at radius 3 is 2.33 bits per heavy atom. The minimum absolute atomic E-state index is 0.118. The quantitative estimate of drug-likeness (QED) is 0.510. The number of nitrogens with one attached hydrogen (secondary N) is 1. The van der Waals surface area contributed by atoms with Crippen LogP contribution in [0.1, 0.15) is 16.8 Å². The molecule has 0 amide bonds. The van der Waals surface area contributed by atoms with Gasteiger partial charge in [-0.3, -0.25) is 19.6 Å². The third-order valence-corrected chi connectivity index (χ3v) is 6.19. The molecule has 1 saturated heterocycles. The normalized spacial score (nSPS) is 14.7. The zero-order valence-electron chi connectivity index (χ0n) is 18.4. The van der Waals surface area contributed by atoms with Crippen LogP contribution >= 0.6 is 0 Å². The lowest BCUT2D eigenvalue weighted by atomic mass is 10.1. The number of nitrogens with zero attached hydrogens (tertiary/aromatic N) is 3. The van der Waals surface area contributed by atoms with Crippen molar-refractivity contribution < 1.29 is 9.13 Å². The summed E-state index contributed by atoms with van der Waals surface area (Å²) in [4.78, 5) is 28.3. The van der Waals surface area contributed by atoms with Crippen molar-refractivity contribution in [3.05, 3.63) is 97.9 Å². The minimum atomic E-state index is -0.517. The molecule has 1 aliphatic heterocycles. The fraction of sp³-hybridized carbons (Fsp3) is 0.280. The number of morpholine rings is 1. The Morgan fingerprint density at radius 2 is 1.64 bits per heavy atom. The second-order valence-corrected chi connectivity index (χ2v) is 8.35. The lowest BCUT2D eigenvalue weighted by Gasteiger charge is -2.26. The van der Waals surface area contributed by atoms with E-state index in [1.807, 2.05) is 12.1 Å². The van der Waals surface area contributed by atoms with E-state index in [1.165, 1.54) is 23.8 Å². The van der Waals surface area contributed by atoms with Gasteiger partial charge in [0.25, 0.3) is 11.1 Å². The van der Waals surface area contributed by atoms with Gasteiger partial charge in [-0.05, 0) is 30.2 Å². The molecule has 1 aliphatic rings. The molecule has 0 radical (unpaired) electrons. The summed E-state index contributed by atoms with van der Waals surface area (Å²) in [7, 11) is 0. The Kier molecular flexibility index (Phi) is 5.70. The number of aryl methyl sites for hydroxylation is 1. The van der Waals surface area contributed by atoms with Gasteiger partial charge in [0.1, 0.15) is 11.5 Å².